The summed E-state index contributed by atoms with van der Waals surface area (Å²) in [5.74, 6) is 1.79. The molecule has 4 heteroatoms. The van der Waals surface area contributed by atoms with Crippen molar-refractivity contribution < 1.29 is 0 Å². The molecule has 1 N–H and O–H groups in total. The van der Waals surface area contributed by atoms with Crippen LogP contribution < -0.4 is 5.32 Å². The third kappa shape index (κ3) is 4.24. The standard InChI is InChI=1S/C15H19N3S/c1-3-8-17-14-9-16-10-15(18-14)19-11-13-7-5-4-6-12(13)2/h4-7,9-10H,3,8,11H2,1-2H3,(H,17,18). The van der Waals surface area contributed by atoms with E-state index in [1.807, 2.05) is 6.20 Å². The Labute approximate surface area is 118 Å². The summed E-state index contributed by atoms with van der Waals surface area (Å²) in [5.41, 5.74) is 2.67. The summed E-state index contributed by atoms with van der Waals surface area (Å²) in [6.07, 6.45) is 4.68. The van der Waals surface area contributed by atoms with E-state index in [2.05, 4.69) is 53.4 Å². The van der Waals surface area contributed by atoms with Gasteiger partial charge in [-0.15, -0.1) is 11.8 Å². The van der Waals surface area contributed by atoms with Gasteiger partial charge in [-0.05, 0) is 24.5 Å². The number of benzene rings is 1. The third-order valence-corrected chi connectivity index (χ3v) is 3.75. The lowest BCUT2D eigenvalue weighted by Crippen LogP contribution is -2.02. The largest absolute Gasteiger partial charge is 0.369 e. The molecule has 0 saturated heterocycles. The summed E-state index contributed by atoms with van der Waals surface area (Å²) in [4.78, 5) is 8.77. The van der Waals surface area contributed by atoms with Crippen LogP contribution in [0.2, 0.25) is 0 Å². The fourth-order valence-electron chi connectivity index (χ4n) is 1.68. The Balaban J connectivity index is 1.98. The molecule has 2 rings (SSSR count). The average Bonchev–Trinajstić information content (AvgIpc) is 2.45. The number of nitrogens with one attached hydrogen (secondary N) is 1. The van der Waals surface area contributed by atoms with E-state index in [1.54, 1.807) is 18.0 Å². The van der Waals surface area contributed by atoms with Crippen LogP contribution in [-0.4, -0.2) is 16.5 Å². The summed E-state index contributed by atoms with van der Waals surface area (Å²) >= 11 is 1.72. The quantitative estimate of drug-likeness (QED) is 0.810. The van der Waals surface area contributed by atoms with Gasteiger partial charge in [-0.25, -0.2) is 4.98 Å². The first-order valence-corrected chi connectivity index (χ1v) is 7.51. The Kier molecular flexibility index (Phi) is 5.21. The summed E-state index contributed by atoms with van der Waals surface area (Å²) < 4.78 is 0. The lowest BCUT2D eigenvalue weighted by atomic mass is 10.1. The van der Waals surface area contributed by atoms with E-state index in [1.165, 1.54) is 11.1 Å². The zero-order valence-corrected chi connectivity index (χ0v) is 12.2. The van der Waals surface area contributed by atoms with E-state index >= 15 is 0 Å². The smallest absolute Gasteiger partial charge is 0.145 e. The topological polar surface area (TPSA) is 37.8 Å². The van der Waals surface area contributed by atoms with Crippen LogP contribution >= 0.6 is 11.8 Å². The second-order valence-electron chi connectivity index (χ2n) is 4.38. The molecule has 1 aromatic heterocycles. The molecule has 0 fully saturated rings. The van der Waals surface area contributed by atoms with Crippen LogP contribution in [0.15, 0.2) is 41.7 Å². The molecule has 1 heterocycles. The van der Waals surface area contributed by atoms with Gasteiger partial charge in [0, 0.05) is 12.3 Å². The number of anilines is 1. The van der Waals surface area contributed by atoms with Crippen LogP contribution in [-0.2, 0) is 5.75 Å². The van der Waals surface area contributed by atoms with E-state index in [-0.39, 0.29) is 0 Å². The van der Waals surface area contributed by atoms with Crippen molar-refractivity contribution >= 4 is 17.6 Å². The first-order chi connectivity index (χ1) is 9.29. The number of nitrogens with zero attached hydrogens (tertiary/aromatic N) is 2. The molecular formula is C15H19N3S. The minimum atomic E-state index is 0.858. The maximum Gasteiger partial charge on any atom is 0.145 e. The van der Waals surface area contributed by atoms with Gasteiger partial charge in [-0.1, -0.05) is 31.2 Å². The first-order valence-electron chi connectivity index (χ1n) is 6.53. The van der Waals surface area contributed by atoms with Gasteiger partial charge in [0.25, 0.3) is 0 Å². The van der Waals surface area contributed by atoms with Gasteiger partial charge in [0.05, 0.1) is 12.4 Å². The lowest BCUT2D eigenvalue weighted by molar-refractivity contribution is 0.948. The molecule has 0 aliphatic heterocycles. The lowest BCUT2D eigenvalue weighted by Gasteiger charge is -2.07. The predicted molar refractivity (Wildman–Crippen MR) is 81.6 cm³/mol. The molecule has 19 heavy (non-hydrogen) atoms. The van der Waals surface area contributed by atoms with Crippen LogP contribution in [0.4, 0.5) is 5.82 Å². The molecule has 1 aromatic carbocycles. The second kappa shape index (κ2) is 7.14. The minimum Gasteiger partial charge on any atom is -0.369 e. The van der Waals surface area contributed by atoms with Crippen molar-refractivity contribution in [1.29, 1.82) is 0 Å². The average molecular weight is 273 g/mol. The van der Waals surface area contributed by atoms with Crippen molar-refractivity contribution in [2.45, 2.75) is 31.0 Å². The summed E-state index contributed by atoms with van der Waals surface area (Å²) in [6.45, 7) is 5.21. The van der Waals surface area contributed by atoms with Gasteiger partial charge in [0.2, 0.25) is 0 Å². The van der Waals surface area contributed by atoms with Crippen molar-refractivity contribution in [3.8, 4) is 0 Å². The predicted octanol–water partition coefficient (Wildman–Crippen LogP) is 3.90. The molecule has 0 atom stereocenters. The molecule has 3 nitrogen and oxygen atoms in total. The van der Waals surface area contributed by atoms with Crippen molar-refractivity contribution in [1.82, 2.24) is 9.97 Å². The number of aromatic nitrogens is 2. The van der Waals surface area contributed by atoms with Crippen LogP contribution in [0.5, 0.6) is 0 Å². The van der Waals surface area contributed by atoms with Gasteiger partial charge in [0.1, 0.15) is 10.8 Å². The highest BCUT2D eigenvalue weighted by Gasteiger charge is 2.02. The van der Waals surface area contributed by atoms with Crippen molar-refractivity contribution in [3.63, 3.8) is 0 Å². The maximum atomic E-state index is 4.54. The summed E-state index contributed by atoms with van der Waals surface area (Å²) in [7, 11) is 0. The van der Waals surface area contributed by atoms with Crippen LogP contribution in [0.3, 0.4) is 0 Å². The first kappa shape index (κ1) is 13.9. The molecule has 0 unspecified atom stereocenters. The summed E-state index contributed by atoms with van der Waals surface area (Å²) in [6, 6.07) is 8.45. The zero-order chi connectivity index (χ0) is 13.5. The molecule has 0 saturated carbocycles. The monoisotopic (exact) mass is 273 g/mol. The molecule has 0 aliphatic carbocycles. The molecule has 0 amide bonds. The van der Waals surface area contributed by atoms with Crippen LogP contribution in [0.25, 0.3) is 0 Å². The zero-order valence-electron chi connectivity index (χ0n) is 11.4. The molecule has 100 valence electrons. The van der Waals surface area contributed by atoms with Gasteiger partial charge in [-0.2, -0.15) is 0 Å². The highest BCUT2D eigenvalue weighted by Crippen LogP contribution is 2.22. The highest BCUT2D eigenvalue weighted by atomic mass is 32.2. The molecule has 2 aromatic rings. The van der Waals surface area contributed by atoms with Crippen molar-refractivity contribution in [3.05, 3.63) is 47.8 Å². The number of aryl methyl sites for hydroxylation is 1. The Hall–Kier alpha value is -1.55. The molecule has 0 bridgehead atoms. The number of hydrogen-bond acceptors (Lipinski definition) is 4. The molecule has 0 radical (unpaired) electrons. The van der Waals surface area contributed by atoms with Gasteiger partial charge >= 0.3 is 0 Å². The fourth-order valence-corrected chi connectivity index (χ4v) is 2.61. The van der Waals surface area contributed by atoms with E-state index in [4.69, 9.17) is 0 Å². The van der Waals surface area contributed by atoms with E-state index in [0.29, 0.717) is 0 Å². The SMILES string of the molecule is CCCNc1cncc(SCc2ccccc2C)n1. The molecule has 0 aliphatic rings. The van der Waals surface area contributed by atoms with E-state index in [9.17, 15) is 0 Å². The Morgan fingerprint density at radius 1 is 1.21 bits per heavy atom. The number of rotatable bonds is 6. The molecular weight excluding hydrogens is 254 g/mol. The van der Waals surface area contributed by atoms with E-state index in [0.717, 1.165) is 29.6 Å². The second-order valence-corrected chi connectivity index (χ2v) is 5.38. The van der Waals surface area contributed by atoms with Crippen LogP contribution in [0, 0.1) is 6.92 Å². The Bertz CT molecular complexity index is 528. The van der Waals surface area contributed by atoms with Gasteiger partial charge in [-0.3, -0.25) is 4.98 Å². The summed E-state index contributed by atoms with van der Waals surface area (Å²) in [5, 5.41) is 4.22. The maximum absolute atomic E-state index is 4.54. The Morgan fingerprint density at radius 2 is 2.05 bits per heavy atom. The van der Waals surface area contributed by atoms with E-state index < -0.39 is 0 Å². The number of thioether (sulfide) groups is 1. The normalized spacial score (nSPS) is 10.4. The fraction of sp³-hybridized carbons (Fsp3) is 0.333. The molecule has 0 spiro atoms. The van der Waals surface area contributed by atoms with Crippen LogP contribution in [0.1, 0.15) is 24.5 Å². The van der Waals surface area contributed by atoms with Gasteiger partial charge in [0.15, 0.2) is 0 Å². The third-order valence-electron chi connectivity index (χ3n) is 2.81. The minimum absolute atomic E-state index is 0.858. The Morgan fingerprint density at radius 3 is 2.84 bits per heavy atom. The van der Waals surface area contributed by atoms with Crippen molar-refractivity contribution in [2.24, 2.45) is 0 Å². The highest BCUT2D eigenvalue weighted by molar-refractivity contribution is 7.98. The number of hydrogen-bond donors (Lipinski definition) is 1. The van der Waals surface area contributed by atoms with Gasteiger partial charge < -0.3 is 5.32 Å². The van der Waals surface area contributed by atoms with Crippen molar-refractivity contribution in [2.75, 3.05) is 11.9 Å².